The van der Waals surface area contributed by atoms with E-state index in [1.165, 1.54) is 12.1 Å². The predicted octanol–water partition coefficient (Wildman–Crippen LogP) is 3.75. The summed E-state index contributed by atoms with van der Waals surface area (Å²) in [5.74, 6) is -0.330. The van der Waals surface area contributed by atoms with Crippen molar-refractivity contribution in [1.29, 1.82) is 0 Å². The van der Waals surface area contributed by atoms with Crippen LogP contribution in [0.15, 0.2) is 53.3 Å². The van der Waals surface area contributed by atoms with Gasteiger partial charge in [-0.2, -0.15) is 0 Å². The van der Waals surface area contributed by atoms with E-state index in [4.69, 9.17) is 4.74 Å². The van der Waals surface area contributed by atoms with Crippen LogP contribution in [-0.4, -0.2) is 35.1 Å². The maximum absolute atomic E-state index is 14.2. The molecule has 0 spiro atoms. The van der Waals surface area contributed by atoms with Gasteiger partial charge in [-0.25, -0.2) is 13.8 Å². The molecular weight excluding hydrogens is 388 g/mol. The van der Waals surface area contributed by atoms with Crippen molar-refractivity contribution >= 4 is 0 Å². The lowest BCUT2D eigenvalue weighted by Crippen LogP contribution is -2.21. The summed E-state index contributed by atoms with van der Waals surface area (Å²) in [6.45, 7) is 3.26. The van der Waals surface area contributed by atoms with Gasteiger partial charge in [-0.3, -0.25) is 9.69 Å². The molecule has 7 heteroatoms. The number of aromatic nitrogens is 2. The summed E-state index contributed by atoms with van der Waals surface area (Å²) in [5, 5.41) is 0. The Labute approximate surface area is 173 Å². The van der Waals surface area contributed by atoms with Crippen molar-refractivity contribution in [2.24, 2.45) is 0 Å². The van der Waals surface area contributed by atoms with Gasteiger partial charge in [0.25, 0.3) is 5.56 Å². The Morgan fingerprint density at radius 2 is 1.87 bits per heavy atom. The van der Waals surface area contributed by atoms with Crippen molar-refractivity contribution in [3.8, 4) is 5.75 Å². The topological polar surface area (TPSA) is 58.2 Å². The molecule has 0 bridgehead atoms. The van der Waals surface area contributed by atoms with Gasteiger partial charge < -0.3 is 9.72 Å². The molecule has 0 aliphatic carbocycles. The Bertz CT molecular complexity index is 1100. The van der Waals surface area contributed by atoms with Crippen molar-refractivity contribution in [1.82, 2.24) is 14.9 Å². The number of hydrogen-bond acceptors (Lipinski definition) is 4. The molecule has 0 amide bonds. The Hall–Kier alpha value is -3.06. The van der Waals surface area contributed by atoms with E-state index >= 15 is 0 Å². The average Bonchev–Trinajstić information content (AvgIpc) is 3.15. The molecule has 2 atom stereocenters. The van der Waals surface area contributed by atoms with Crippen molar-refractivity contribution in [2.75, 3.05) is 20.2 Å². The first-order valence-electron chi connectivity index (χ1n) is 9.81. The molecule has 0 saturated carbocycles. The second-order valence-corrected chi connectivity index (χ2v) is 7.65. The van der Waals surface area contributed by atoms with Crippen molar-refractivity contribution in [3.63, 3.8) is 0 Å². The fourth-order valence-corrected chi connectivity index (χ4v) is 4.21. The van der Waals surface area contributed by atoms with E-state index in [0.717, 1.165) is 17.4 Å². The first kappa shape index (κ1) is 20.2. The smallest absolute Gasteiger partial charge is 0.251 e. The summed E-state index contributed by atoms with van der Waals surface area (Å²) >= 11 is 0. The van der Waals surface area contributed by atoms with Crippen LogP contribution >= 0.6 is 0 Å². The molecule has 2 aromatic carbocycles. The van der Waals surface area contributed by atoms with Gasteiger partial charge in [0, 0.05) is 43.1 Å². The van der Waals surface area contributed by atoms with Crippen LogP contribution in [0.5, 0.6) is 5.75 Å². The molecule has 156 valence electrons. The van der Waals surface area contributed by atoms with Crippen molar-refractivity contribution < 1.29 is 13.5 Å². The zero-order chi connectivity index (χ0) is 21.3. The van der Waals surface area contributed by atoms with E-state index in [0.29, 0.717) is 30.2 Å². The van der Waals surface area contributed by atoms with E-state index in [9.17, 15) is 13.6 Å². The summed E-state index contributed by atoms with van der Waals surface area (Å²) < 4.78 is 33.1. The fourth-order valence-electron chi connectivity index (χ4n) is 4.21. The Balaban J connectivity index is 1.67. The number of hydrogen-bond donors (Lipinski definition) is 1. The minimum absolute atomic E-state index is 0.0454. The van der Waals surface area contributed by atoms with Gasteiger partial charge >= 0.3 is 0 Å². The minimum Gasteiger partial charge on any atom is -0.497 e. The summed E-state index contributed by atoms with van der Waals surface area (Å²) in [5.41, 5.74) is 1.92. The van der Waals surface area contributed by atoms with Crippen LogP contribution in [-0.2, 0) is 6.54 Å². The highest BCUT2D eigenvalue weighted by atomic mass is 19.2. The molecule has 2 heterocycles. The molecule has 1 saturated heterocycles. The van der Waals surface area contributed by atoms with Crippen LogP contribution in [0.2, 0.25) is 0 Å². The van der Waals surface area contributed by atoms with E-state index in [-0.39, 0.29) is 23.9 Å². The number of halogens is 2. The highest BCUT2D eigenvalue weighted by Crippen LogP contribution is 2.39. The Morgan fingerprint density at radius 1 is 1.13 bits per heavy atom. The first-order chi connectivity index (χ1) is 14.4. The molecule has 1 aliphatic heterocycles. The maximum Gasteiger partial charge on any atom is 0.251 e. The quantitative estimate of drug-likeness (QED) is 0.695. The third-order valence-corrected chi connectivity index (χ3v) is 5.62. The van der Waals surface area contributed by atoms with E-state index in [1.54, 1.807) is 20.1 Å². The highest BCUT2D eigenvalue weighted by Gasteiger charge is 2.36. The zero-order valence-electron chi connectivity index (χ0n) is 16.9. The monoisotopic (exact) mass is 411 g/mol. The Kier molecular flexibility index (Phi) is 5.63. The molecule has 1 fully saturated rings. The van der Waals surface area contributed by atoms with Crippen molar-refractivity contribution in [3.05, 3.63) is 93.2 Å². The van der Waals surface area contributed by atoms with E-state index in [1.807, 2.05) is 24.3 Å². The number of aryl methyl sites for hydroxylation is 1. The highest BCUT2D eigenvalue weighted by molar-refractivity contribution is 5.33. The second kappa shape index (κ2) is 8.36. The molecule has 4 rings (SSSR count). The standard InChI is InChI=1S/C23H23F2N3O2/c1-14-26-21(10-22(29)27-14)19-13-28(11-16-4-3-5-20(24)23(16)25)12-18(19)15-6-8-17(30-2)9-7-15/h3-10,18-19H,11-13H2,1-2H3,(H,26,27,29)/t18-,19+/m0/s1. The summed E-state index contributed by atoms with van der Waals surface area (Å²) in [6.07, 6.45) is 0. The number of nitrogens with one attached hydrogen (secondary N) is 1. The lowest BCUT2D eigenvalue weighted by molar-refractivity contribution is 0.315. The number of H-pyrrole nitrogens is 1. The number of methoxy groups -OCH3 is 1. The summed E-state index contributed by atoms with van der Waals surface area (Å²) in [6, 6.07) is 13.6. The van der Waals surface area contributed by atoms with Crippen LogP contribution in [0.3, 0.4) is 0 Å². The third-order valence-electron chi connectivity index (χ3n) is 5.62. The molecule has 0 radical (unpaired) electrons. The minimum atomic E-state index is -0.846. The number of nitrogens with zero attached hydrogens (tertiary/aromatic N) is 2. The van der Waals surface area contributed by atoms with Gasteiger partial charge in [0.15, 0.2) is 11.6 Å². The molecule has 1 aliphatic rings. The summed E-state index contributed by atoms with van der Waals surface area (Å²) in [7, 11) is 1.62. The molecule has 5 nitrogen and oxygen atoms in total. The van der Waals surface area contributed by atoms with Gasteiger partial charge in [0.05, 0.1) is 12.8 Å². The molecular formula is C23H23F2N3O2. The SMILES string of the molecule is COc1ccc([C@@H]2CN(Cc3cccc(F)c3F)C[C@H]2c2cc(=O)[nH]c(C)n2)cc1. The lowest BCUT2D eigenvalue weighted by Gasteiger charge is -2.19. The van der Waals surface area contributed by atoms with E-state index in [2.05, 4.69) is 14.9 Å². The molecule has 0 unspecified atom stereocenters. The maximum atomic E-state index is 14.2. The third kappa shape index (κ3) is 4.11. The number of rotatable bonds is 5. The van der Waals surface area contributed by atoms with Crippen molar-refractivity contribution in [2.45, 2.75) is 25.3 Å². The van der Waals surface area contributed by atoms with Gasteiger partial charge in [-0.15, -0.1) is 0 Å². The number of aromatic amines is 1. The molecule has 1 N–H and O–H groups in total. The van der Waals surface area contributed by atoms with Gasteiger partial charge in [0.2, 0.25) is 0 Å². The first-order valence-corrected chi connectivity index (χ1v) is 9.81. The lowest BCUT2D eigenvalue weighted by atomic mass is 9.86. The number of benzene rings is 2. The molecule has 30 heavy (non-hydrogen) atoms. The van der Waals surface area contributed by atoms with Gasteiger partial charge in [-0.05, 0) is 30.7 Å². The van der Waals surface area contributed by atoms with Crippen LogP contribution in [0, 0.1) is 18.6 Å². The molecule has 3 aromatic rings. The normalized spacial score (nSPS) is 19.2. The van der Waals surface area contributed by atoms with Crippen LogP contribution < -0.4 is 10.3 Å². The van der Waals surface area contributed by atoms with Crippen LogP contribution in [0.25, 0.3) is 0 Å². The van der Waals surface area contributed by atoms with E-state index < -0.39 is 11.6 Å². The predicted molar refractivity (Wildman–Crippen MR) is 110 cm³/mol. The second-order valence-electron chi connectivity index (χ2n) is 7.65. The number of likely N-dealkylation sites (tertiary alicyclic amines) is 1. The molecule has 1 aromatic heterocycles. The number of ether oxygens (including phenoxy) is 1. The van der Waals surface area contributed by atoms with Crippen LogP contribution in [0.1, 0.15) is 34.5 Å². The fraction of sp³-hybridized carbons (Fsp3) is 0.304. The zero-order valence-corrected chi connectivity index (χ0v) is 16.9. The van der Waals surface area contributed by atoms with Gasteiger partial charge in [0.1, 0.15) is 11.6 Å². The largest absolute Gasteiger partial charge is 0.497 e. The Morgan fingerprint density at radius 3 is 2.57 bits per heavy atom. The average molecular weight is 411 g/mol. The summed E-state index contributed by atoms with van der Waals surface area (Å²) in [4.78, 5) is 21.3. The van der Waals surface area contributed by atoms with Gasteiger partial charge in [-0.1, -0.05) is 24.3 Å². The van der Waals surface area contributed by atoms with Crippen LogP contribution in [0.4, 0.5) is 8.78 Å².